The van der Waals surface area contributed by atoms with Crippen molar-refractivity contribution in [3.63, 3.8) is 0 Å². The molecule has 1 atom stereocenters. The molecule has 2 aromatic rings. The number of rotatable bonds is 3. The molecule has 1 aromatic carbocycles. The molecule has 0 radical (unpaired) electrons. The zero-order valence-corrected chi connectivity index (χ0v) is 10.9. The van der Waals surface area contributed by atoms with Crippen molar-refractivity contribution in [2.45, 2.75) is 13.0 Å². The Morgan fingerprint density at radius 1 is 1.24 bits per heavy atom. The van der Waals surface area contributed by atoms with Crippen molar-refractivity contribution in [3.05, 3.63) is 58.6 Å². The van der Waals surface area contributed by atoms with Crippen LogP contribution in [0.5, 0.6) is 0 Å². The minimum Gasteiger partial charge on any atom is -0.378 e. The van der Waals surface area contributed by atoms with E-state index in [0.717, 1.165) is 15.7 Å². The molecule has 2 nitrogen and oxygen atoms in total. The average molecular weight is 295 g/mol. The summed E-state index contributed by atoms with van der Waals surface area (Å²) in [6.45, 7) is 2.02. The molecule has 0 saturated heterocycles. The molecule has 4 heteroatoms. The third-order valence-electron chi connectivity index (χ3n) is 2.51. The van der Waals surface area contributed by atoms with Gasteiger partial charge in [-0.05, 0) is 58.7 Å². The van der Waals surface area contributed by atoms with Gasteiger partial charge in [0.05, 0.1) is 5.69 Å². The van der Waals surface area contributed by atoms with E-state index in [9.17, 15) is 4.39 Å². The molecule has 1 unspecified atom stereocenters. The van der Waals surface area contributed by atoms with Crippen molar-refractivity contribution >= 4 is 21.6 Å². The van der Waals surface area contributed by atoms with Crippen molar-refractivity contribution in [1.82, 2.24) is 4.98 Å². The smallest absolute Gasteiger partial charge is 0.125 e. The summed E-state index contributed by atoms with van der Waals surface area (Å²) < 4.78 is 14.0. The van der Waals surface area contributed by atoms with Gasteiger partial charge in [0.2, 0.25) is 0 Å². The SMILES string of the molecule is CC(Nc1cc(F)ccc1Br)c1ccncc1. The van der Waals surface area contributed by atoms with Gasteiger partial charge in [0.1, 0.15) is 5.82 Å². The molecule has 0 amide bonds. The summed E-state index contributed by atoms with van der Waals surface area (Å²) in [4.78, 5) is 3.97. The quantitative estimate of drug-likeness (QED) is 0.919. The van der Waals surface area contributed by atoms with Crippen LogP contribution in [0.3, 0.4) is 0 Å². The van der Waals surface area contributed by atoms with E-state index in [1.165, 1.54) is 12.1 Å². The molecule has 1 N–H and O–H groups in total. The number of hydrogen-bond donors (Lipinski definition) is 1. The van der Waals surface area contributed by atoms with Gasteiger partial charge in [0.15, 0.2) is 0 Å². The van der Waals surface area contributed by atoms with E-state index in [1.54, 1.807) is 18.5 Å². The maximum absolute atomic E-state index is 13.1. The van der Waals surface area contributed by atoms with E-state index in [2.05, 4.69) is 26.2 Å². The molecular formula is C13H12BrFN2. The summed E-state index contributed by atoms with van der Waals surface area (Å²) in [5, 5.41) is 3.25. The molecule has 0 aliphatic heterocycles. The summed E-state index contributed by atoms with van der Waals surface area (Å²) in [6.07, 6.45) is 3.49. The highest BCUT2D eigenvalue weighted by Gasteiger charge is 2.07. The minimum absolute atomic E-state index is 0.0936. The second-order valence-corrected chi connectivity index (χ2v) is 4.63. The monoisotopic (exact) mass is 294 g/mol. The number of halogens is 2. The number of benzene rings is 1. The van der Waals surface area contributed by atoms with Crippen molar-refractivity contribution in [2.24, 2.45) is 0 Å². The highest BCUT2D eigenvalue weighted by Crippen LogP contribution is 2.27. The average Bonchev–Trinajstić information content (AvgIpc) is 2.35. The van der Waals surface area contributed by atoms with Gasteiger partial charge in [-0.3, -0.25) is 4.98 Å². The van der Waals surface area contributed by atoms with E-state index in [0.29, 0.717) is 0 Å². The summed E-state index contributed by atoms with van der Waals surface area (Å²) in [5.41, 5.74) is 1.85. The largest absolute Gasteiger partial charge is 0.378 e. The summed E-state index contributed by atoms with van der Waals surface area (Å²) in [7, 11) is 0. The first-order valence-corrected chi connectivity index (χ1v) is 6.07. The molecule has 2 rings (SSSR count). The van der Waals surface area contributed by atoms with Gasteiger partial charge >= 0.3 is 0 Å². The molecular weight excluding hydrogens is 283 g/mol. The Labute approximate surface area is 108 Å². The Kier molecular flexibility index (Phi) is 3.74. The number of pyridine rings is 1. The van der Waals surface area contributed by atoms with Crippen LogP contribution in [0.2, 0.25) is 0 Å². The Hall–Kier alpha value is -1.42. The van der Waals surface area contributed by atoms with Crippen molar-refractivity contribution in [3.8, 4) is 0 Å². The van der Waals surface area contributed by atoms with Crippen LogP contribution in [-0.4, -0.2) is 4.98 Å². The molecule has 17 heavy (non-hydrogen) atoms. The Morgan fingerprint density at radius 3 is 2.65 bits per heavy atom. The summed E-state index contributed by atoms with van der Waals surface area (Å²) in [5.74, 6) is -0.252. The summed E-state index contributed by atoms with van der Waals surface area (Å²) in [6, 6.07) is 8.55. The van der Waals surface area contributed by atoms with Gasteiger partial charge in [-0.25, -0.2) is 4.39 Å². The van der Waals surface area contributed by atoms with Gasteiger partial charge in [-0.15, -0.1) is 0 Å². The molecule has 0 spiro atoms. The highest BCUT2D eigenvalue weighted by atomic mass is 79.9. The summed E-state index contributed by atoms with van der Waals surface area (Å²) >= 11 is 3.39. The second-order valence-electron chi connectivity index (χ2n) is 3.77. The Morgan fingerprint density at radius 2 is 1.94 bits per heavy atom. The van der Waals surface area contributed by atoms with Crippen LogP contribution in [0.25, 0.3) is 0 Å². The predicted octanol–water partition coefficient (Wildman–Crippen LogP) is 4.16. The van der Waals surface area contributed by atoms with Crippen LogP contribution in [-0.2, 0) is 0 Å². The van der Waals surface area contributed by atoms with Gasteiger partial charge in [-0.1, -0.05) is 0 Å². The molecule has 0 aliphatic rings. The first kappa shape index (κ1) is 12.0. The lowest BCUT2D eigenvalue weighted by molar-refractivity contribution is 0.627. The van der Waals surface area contributed by atoms with Gasteiger partial charge < -0.3 is 5.32 Å². The number of hydrogen-bond acceptors (Lipinski definition) is 2. The van der Waals surface area contributed by atoms with Gasteiger partial charge in [-0.2, -0.15) is 0 Å². The maximum Gasteiger partial charge on any atom is 0.125 e. The fourth-order valence-corrected chi connectivity index (χ4v) is 1.94. The third-order valence-corrected chi connectivity index (χ3v) is 3.20. The third kappa shape index (κ3) is 3.03. The van der Waals surface area contributed by atoms with Crippen LogP contribution in [0.1, 0.15) is 18.5 Å². The van der Waals surface area contributed by atoms with Crippen LogP contribution in [0.15, 0.2) is 47.2 Å². The van der Waals surface area contributed by atoms with Gasteiger partial charge in [0, 0.05) is 22.9 Å². The fraction of sp³-hybridized carbons (Fsp3) is 0.154. The molecule has 0 fully saturated rings. The predicted molar refractivity (Wildman–Crippen MR) is 70.4 cm³/mol. The Balaban J connectivity index is 2.18. The Bertz CT molecular complexity index is 502. The lowest BCUT2D eigenvalue weighted by Gasteiger charge is -2.16. The van der Waals surface area contributed by atoms with Crippen molar-refractivity contribution in [2.75, 3.05) is 5.32 Å². The van der Waals surface area contributed by atoms with E-state index < -0.39 is 0 Å². The fourth-order valence-electron chi connectivity index (χ4n) is 1.58. The van der Waals surface area contributed by atoms with E-state index in [4.69, 9.17) is 0 Å². The van der Waals surface area contributed by atoms with Crippen LogP contribution in [0, 0.1) is 5.82 Å². The number of nitrogens with one attached hydrogen (secondary N) is 1. The van der Waals surface area contributed by atoms with Crippen molar-refractivity contribution < 1.29 is 4.39 Å². The first-order chi connectivity index (χ1) is 8.16. The zero-order chi connectivity index (χ0) is 12.3. The molecule has 1 aromatic heterocycles. The second kappa shape index (κ2) is 5.27. The standard InChI is InChI=1S/C13H12BrFN2/c1-9(10-4-6-16-7-5-10)17-13-8-11(15)2-3-12(13)14/h2-9,17H,1H3. The number of nitrogens with zero attached hydrogens (tertiary/aromatic N) is 1. The first-order valence-electron chi connectivity index (χ1n) is 5.28. The molecule has 1 heterocycles. The topological polar surface area (TPSA) is 24.9 Å². The minimum atomic E-state index is -0.252. The van der Waals surface area contributed by atoms with Crippen molar-refractivity contribution in [1.29, 1.82) is 0 Å². The molecule has 0 aliphatic carbocycles. The zero-order valence-electron chi connectivity index (χ0n) is 9.32. The maximum atomic E-state index is 13.1. The van der Waals surface area contributed by atoms with Gasteiger partial charge in [0.25, 0.3) is 0 Å². The highest BCUT2D eigenvalue weighted by molar-refractivity contribution is 9.10. The van der Waals surface area contributed by atoms with Crippen LogP contribution >= 0.6 is 15.9 Å². The molecule has 0 bridgehead atoms. The van der Waals surface area contributed by atoms with E-state index in [-0.39, 0.29) is 11.9 Å². The number of aromatic nitrogens is 1. The lowest BCUT2D eigenvalue weighted by atomic mass is 10.1. The van der Waals surface area contributed by atoms with E-state index in [1.807, 2.05) is 19.1 Å². The number of anilines is 1. The molecule has 0 saturated carbocycles. The molecule has 88 valence electrons. The van der Waals surface area contributed by atoms with Crippen LogP contribution in [0.4, 0.5) is 10.1 Å². The normalized spacial score (nSPS) is 12.2. The van der Waals surface area contributed by atoms with Crippen LogP contribution < -0.4 is 5.32 Å². The lowest BCUT2D eigenvalue weighted by Crippen LogP contribution is -2.07. The van der Waals surface area contributed by atoms with E-state index >= 15 is 0 Å².